The zero-order valence-electron chi connectivity index (χ0n) is 21.1. The number of amides is 1. The summed E-state index contributed by atoms with van der Waals surface area (Å²) in [6, 6.07) is 22.7. The van der Waals surface area contributed by atoms with Gasteiger partial charge in [-0.1, -0.05) is 55.3 Å². The molecule has 1 aliphatic rings. The van der Waals surface area contributed by atoms with Gasteiger partial charge in [0.25, 0.3) is 5.91 Å². The molecule has 1 N–H and O–H groups in total. The molecular weight excluding hydrogens is 470 g/mol. The number of hydrogen-bond donors (Lipinski definition) is 1. The quantitative estimate of drug-likeness (QED) is 0.440. The molecule has 0 bridgehead atoms. The zero-order valence-corrected chi connectivity index (χ0v) is 21.9. The number of aryl methyl sites for hydroxylation is 2. The predicted octanol–water partition coefficient (Wildman–Crippen LogP) is 5.10. The van der Waals surface area contributed by atoms with Gasteiger partial charge in [-0.05, 0) is 67.3 Å². The number of rotatable bonds is 9. The van der Waals surface area contributed by atoms with Gasteiger partial charge < -0.3 is 5.32 Å². The maximum Gasteiger partial charge on any atom is 0.255 e. The molecule has 1 heterocycles. The Morgan fingerprint density at radius 1 is 0.889 bits per heavy atom. The summed E-state index contributed by atoms with van der Waals surface area (Å²) < 4.78 is 27.5. The first-order valence-corrected chi connectivity index (χ1v) is 14.1. The minimum atomic E-state index is -3.48. The molecule has 0 spiro atoms. The lowest BCUT2D eigenvalue weighted by Crippen LogP contribution is -2.48. The van der Waals surface area contributed by atoms with Crippen molar-refractivity contribution in [3.8, 4) is 0 Å². The molecule has 1 saturated heterocycles. The lowest BCUT2D eigenvalue weighted by molar-refractivity contribution is 0.102. The molecule has 0 radical (unpaired) electrons. The van der Waals surface area contributed by atoms with Crippen LogP contribution in [0.4, 0.5) is 5.69 Å². The molecule has 0 aliphatic carbocycles. The number of anilines is 1. The Labute approximate surface area is 215 Å². The number of carbonyl (C=O) groups is 1. The minimum absolute atomic E-state index is 0.132. The fourth-order valence-corrected chi connectivity index (χ4v) is 5.82. The molecule has 36 heavy (non-hydrogen) atoms. The van der Waals surface area contributed by atoms with Crippen LogP contribution in [0.5, 0.6) is 0 Å². The van der Waals surface area contributed by atoms with Gasteiger partial charge in [-0.25, -0.2) is 8.42 Å². The number of benzene rings is 3. The molecule has 190 valence electrons. The van der Waals surface area contributed by atoms with Crippen LogP contribution in [0.1, 0.15) is 46.8 Å². The lowest BCUT2D eigenvalue weighted by Gasteiger charge is -2.34. The van der Waals surface area contributed by atoms with Gasteiger partial charge in [0, 0.05) is 44.0 Å². The van der Waals surface area contributed by atoms with Crippen LogP contribution in [0.15, 0.2) is 77.7 Å². The molecular formula is C29H35N3O3S. The molecule has 1 aliphatic heterocycles. The van der Waals surface area contributed by atoms with Crippen LogP contribution >= 0.6 is 0 Å². The van der Waals surface area contributed by atoms with E-state index in [1.165, 1.54) is 5.56 Å². The van der Waals surface area contributed by atoms with Gasteiger partial charge >= 0.3 is 0 Å². The molecule has 3 aromatic rings. The second kappa shape index (κ2) is 11.8. The lowest BCUT2D eigenvalue weighted by atomic mass is 10.1. The Kier molecular flexibility index (Phi) is 8.56. The number of piperazine rings is 1. The van der Waals surface area contributed by atoms with Crippen LogP contribution < -0.4 is 5.32 Å². The minimum Gasteiger partial charge on any atom is -0.322 e. The van der Waals surface area contributed by atoms with E-state index in [1.807, 2.05) is 55.5 Å². The van der Waals surface area contributed by atoms with E-state index in [4.69, 9.17) is 0 Å². The standard InChI is InChI=1S/C29H35N3O3S/c1-3-4-6-24-11-13-27(14-12-24)30-29(33)26-8-5-7-25(21-26)22-31-17-19-32(20-18-31)36(34,35)28-15-9-23(2)10-16-28/h5,7-16,21H,3-4,6,17-20,22H2,1-2H3,(H,30,33). The van der Waals surface area contributed by atoms with Crippen molar-refractivity contribution in [2.24, 2.45) is 0 Å². The van der Waals surface area contributed by atoms with E-state index in [-0.39, 0.29) is 5.91 Å². The maximum absolute atomic E-state index is 13.0. The van der Waals surface area contributed by atoms with E-state index in [0.29, 0.717) is 43.2 Å². The first-order chi connectivity index (χ1) is 17.3. The van der Waals surface area contributed by atoms with Crippen LogP contribution in [-0.2, 0) is 23.0 Å². The summed E-state index contributed by atoms with van der Waals surface area (Å²) >= 11 is 0. The van der Waals surface area contributed by atoms with E-state index in [0.717, 1.165) is 36.1 Å². The summed E-state index contributed by atoms with van der Waals surface area (Å²) in [6.07, 6.45) is 3.38. The van der Waals surface area contributed by atoms with Crippen molar-refractivity contribution in [1.82, 2.24) is 9.21 Å². The third-order valence-corrected chi connectivity index (χ3v) is 8.53. The van der Waals surface area contributed by atoms with Crippen LogP contribution in [-0.4, -0.2) is 49.7 Å². The van der Waals surface area contributed by atoms with Crippen LogP contribution in [0, 0.1) is 6.92 Å². The van der Waals surface area contributed by atoms with Crippen molar-refractivity contribution in [2.75, 3.05) is 31.5 Å². The van der Waals surface area contributed by atoms with Gasteiger partial charge in [0.1, 0.15) is 0 Å². The number of nitrogens with zero attached hydrogens (tertiary/aromatic N) is 2. The van der Waals surface area contributed by atoms with E-state index in [2.05, 4.69) is 29.3 Å². The Bertz CT molecular complexity index is 1260. The smallest absolute Gasteiger partial charge is 0.255 e. The van der Waals surface area contributed by atoms with Crippen molar-refractivity contribution in [3.63, 3.8) is 0 Å². The molecule has 0 unspecified atom stereocenters. The number of unbranched alkanes of at least 4 members (excludes halogenated alkanes) is 1. The summed E-state index contributed by atoms with van der Waals surface area (Å²) in [5.41, 5.74) is 4.76. The number of sulfonamides is 1. The predicted molar refractivity (Wildman–Crippen MR) is 145 cm³/mol. The topological polar surface area (TPSA) is 69.7 Å². The Balaban J connectivity index is 1.32. The molecule has 4 rings (SSSR count). The van der Waals surface area contributed by atoms with E-state index in [1.54, 1.807) is 16.4 Å². The molecule has 6 nitrogen and oxygen atoms in total. The fourth-order valence-electron chi connectivity index (χ4n) is 4.40. The van der Waals surface area contributed by atoms with Crippen molar-refractivity contribution in [1.29, 1.82) is 0 Å². The summed E-state index contributed by atoms with van der Waals surface area (Å²) in [7, 11) is -3.48. The second-order valence-corrected chi connectivity index (χ2v) is 11.4. The van der Waals surface area contributed by atoms with Crippen molar-refractivity contribution in [3.05, 3.63) is 95.1 Å². The largest absolute Gasteiger partial charge is 0.322 e. The molecule has 7 heteroatoms. The van der Waals surface area contributed by atoms with Crippen LogP contribution in [0.3, 0.4) is 0 Å². The summed E-state index contributed by atoms with van der Waals surface area (Å²) in [4.78, 5) is 15.4. The molecule has 0 saturated carbocycles. The highest BCUT2D eigenvalue weighted by Gasteiger charge is 2.28. The average Bonchev–Trinajstić information content (AvgIpc) is 2.89. The molecule has 3 aromatic carbocycles. The number of nitrogens with one attached hydrogen (secondary N) is 1. The van der Waals surface area contributed by atoms with Gasteiger partial charge in [-0.15, -0.1) is 0 Å². The van der Waals surface area contributed by atoms with E-state index < -0.39 is 10.0 Å². The van der Waals surface area contributed by atoms with Gasteiger partial charge in [-0.3, -0.25) is 9.69 Å². The van der Waals surface area contributed by atoms with Gasteiger partial charge in [-0.2, -0.15) is 4.31 Å². The third-order valence-electron chi connectivity index (χ3n) is 6.62. The summed E-state index contributed by atoms with van der Waals surface area (Å²) in [5, 5.41) is 2.99. The highest BCUT2D eigenvalue weighted by Crippen LogP contribution is 2.20. The van der Waals surface area contributed by atoms with Crippen LogP contribution in [0.2, 0.25) is 0 Å². The average molecular weight is 506 g/mol. The Morgan fingerprint density at radius 2 is 1.58 bits per heavy atom. The van der Waals surface area contributed by atoms with E-state index >= 15 is 0 Å². The van der Waals surface area contributed by atoms with Crippen LogP contribution in [0.25, 0.3) is 0 Å². The van der Waals surface area contributed by atoms with Gasteiger partial charge in [0.15, 0.2) is 0 Å². The molecule has 0 atom stereocenters. The highest BCUT2D eigenvalue weighted by atomic mass is 32.2. The Hall–Kier alpha value is -3.00. The third kappa shape index (κ3) is 6.60. The molecule has 1 fully saturated rings. The molecule has 0 aromatic heterocycles. The zero-order chi connectivity index (χ0) is 25.5. The maximum atomic E-state index is 13.0. The fraction of sp³-hybridized carbons (Fsp3) is 0.345. The van der Waals surface area contributed by atoms with Crippen molar-refractivity contribution < 1.29 is 13.2 Å². The summed E-state index contributed by atoms with van der Waals surface area (Å²) in [5.74, 6) is -0.132. The normalized spacial score (nSPS) is 15.1. The van der Waals surface area contributed by atoms with Gasteiger partial charge in [0.2, 0.25) is 10.0 Å². The summed E-state index contributed by atoms with van der Waals surface area (Å²) in [6.45, 7) is 6.98. The SMILES string of the molecule is CCCCc1ccc(NC(=O)c2cccc(CN3CCN(S(=O)(=O)c4ccc(C)cc4)CC3)c2)cc1. The number of carbonyl (C=O) groups excluding carboxylic acids is 1. The first kappa shape index (κ1) is 26.1. The number of hydrogen-bond acceptors (Lipinski definition) is 4. The monoisotopic (exact) mass is 505 g/mol. The second-order valence-electron chi connectivity index (χ2n) is 9.45. The molecule has 1 amide bonds. The van der Waals surface area contributed by atoms with E-state index in [9.17, 15) is 13.2 Å². The first-order valence-electron chi connectivity index (χ1n) is 12.6. The van der Waals surface area contributed by atoms with Crippen molar-refractivity contribution in [2.45, 2.75) is 44.6 Å². The van der Waals surface area contributed by atoms with Gasteiger partial charge in [0.05, 0.1) is 4.90 Å². The Morgan fingerprint density at radius 3 is 2.25 bits per heavy atom. The highest BCUT2D eigenvalue weighted by molar-refractivity contribution is 7.89. The van der Waals surface area contributed by atoms with Crippen molar-refractivity contribution >= 4 is 21.6 Å².